The van der Waals surface area contributed by atoms with Crippen LogP contribution in [0.25, 0.3) is 10.9 Å². The number of carbonyl (C=O) groups is 1. The Hall–Kier alpha value is -1.55. The average Bonchev–Trinajstić information content (AvgIpc) is 3.29. The molecule has 1 heterocycles. The molecule has 0 radical (unpaired) electrons. The number of nitrogens with zero attached hydrogens (tertiary/aromatic N) is 1. The van der Waals surface area contributed by atoms with Crippen LogP contribution in [0.15, 0.2) is 41.4 Å². The van der Waals surface area contributed by atoms with Crippen molar-refractivity contribution in [1.29, 1.82) is 0 Å². The lowest BCUT2D eigenvalue weighted by Crippen LogP contribution is -2.35. The van der Waals surface area contributed by atoms with Gasteiger partial charge in [0.15, 0.2) is 0 Å². The van der Waals surface area contributed by atoms with E-state index in [9.17, 15) is 4.79 Å². The number of aromatic nitrogens is 1. The second-order valence-electron chi connectivity index (χ2n) is 5.32. The third-order valence-corrected chi connectivity index (χ3v) is 4.57. The van der Waals surface area contributed by atoms with Crippen LogP contribution >= 0.6 is 11.8 Å². The minimum absolute atomic E-state index is 0.101. The summed E-state index contributed by atoms with van der Waals surface area (Å²) in [5, 5.41) is 5.09. The molecule has 1 aromatic carbocycles. The molecule has 1 fully saturated rings. The fourth-order valence-electron chi connectivity index (χ4n) is 2.28. The molecule has 0 aliphatic heterocycles. The number of carbonyl (C=O) groups excluding carboxylic acids is 1. The molecule has 0 unspecified atom stereocenters. The van der Waals surface area contributed by atoms with Crippen LogP contribution in [-0.4, -0.2) is 22.7 Å². The van der Waals surface area contributed by atoms with Gasteiger partial charge in [-0.15, -0.1) is 0 Å². The van der Waals surface area contributed by atoms with E-state index in [2.05, 4.69) is 23.3 Å². The first-order valence-electron chi connectivity index (χ1n) is 7.00. The number of rotatable bonds is 5. The van der Waals surface area contributed by atoms with Crippen LogP contribution in [0.5, 0.6) is 0 Å². The topological polar surface area (TPSA) is 42.0 Å². The van der Waals surface area contributed by atoms with E-state index < -0.39 is 0 Å². The molecule has 1 aromatic heterocycles. The van der Waals surface area contributed by atoms with Gasteiger partial charge in [0.25, 0.3) is 0 Å². The van der Waals surface area contributed by atoms with Gasteiger partial charge in [-0.3, -0.25) is 4.79 Å². The van der Waals surface area contributed by atoms with Crippen LogP contribution in [0.3, 0.4) is 0 Å². The fraction of sp³-hybridized carbons (Fsp3) is 0.375. The van der Waals surface area contributed by atoms with Crippen LogP contribution in [0.2, 0.25) is 0 Å². The van der Waals surface area contributed by atoms with Crippen molar-refractivity contribution in [1.82, 2.24) is 10.3 Å². The lowest BCUT2D eigenvalue weighted by atomic mass is 10.2. The van der Waals surface area contributed by atoms with Crippen LogP contribution in [0.4, 0.5) is 0 Å². The van der Waals surface area contributed by atoms with Gasteiger partial charge in [-0.25, -0.2) is 4.98 Å². The number of amides is 1. The Kier molecular flexibility index (Phi) is 3.92. The van der Waals surface area contributed by atoms with E-state index in [1.165, 1.54) is 24.6 Å². The van der Waals surface area contributed by atoms with Crippen LogP contribution < -0.4 is 5.32 Å². The van der Waals surface area contributed by atoms with Gasteiger partial charge < -0.3 is 5.32 Å². The Balaban J connectivity index is 1.57. The van der Waals surface area contributed by atoms with Crippen molar-refractivity contribution in [3.8, 4) is 0 Å². The number of hydrogen-bond donors (Lipinski definition) is 1. The molecule has 20 heavy (non-hydrogen) atoms. The highest BCUT2D eigenvalue weighted by Gasteiger charge is 2.28. The third-order valence-electron chi connectivity index (χ3n) is 3.64. The quantitative estimate of drug-likeness (QED) is 0.858. The van der Waals surface area contributed by atoms with Crippen molar-refractivity contribution in [3.05, 3.63) is 36.4 Å². The summed E-state index contributed by atoms with van der Waals surface area (Å²) in [6.07, 6.45) is 2.50. The first-order valence-corrected chi connectivity index (χ1v) is 7.99. The molecular formula is C16H18N2OS. The van der Waals surface area contributed by atoms with Crippen LogP contribution in [0, 0.1) is 5.92 Å². The molecule has 1 N–H and O–H groups in total. The molecule has 1 saturated carbocycles. The molecule has 4 heteroatoms. The third kappa shape index (κ3) is 3.31. The molecule has 1 aliphatic carbocycles. The van der Waals surface area contributed by atoms with Gasteiger partial charge in [0.2, 0.25) is 5.91 Å². The highest BCUT2D eigenvalue weighted by Crippen LogP contribution is 2.32. The van der Waals surface area contributed by atoms with Gasteiger partial charge in [0.05, 0.1) is 16.3 Å². The maximum Gasteiger partial charge on any atom is 0.230 e. The summed E-state index contributed by atoms with van der Waals surface area (Å²) in [4.78, 5) is 16.4. The predicted molar refractivity (Wildman–Crippen MR) is 82.8 cm³/mol. The zero-order valence-electron chi connectivity index (χ0n) is 11.5. The number of pyridine rings is 1. The van der Waals surface area contributed by atoms with Gasteiger partial charge in [-0.1, -0.05) is 36.0 Å². The average molecular weight is 286 g/mol. The summed E-state index contributed by atoms with van der Waals surface area (Å²) in [5.74, 6) is 1.23. The van der Waals surface area contributed by atoms with Gasteiger partial charge in [-0.05, 0) is 37.8 Å². The molecule has 0 bridgehead atoms. The summed E-state index contributed by atoms with van der Waals surface area (Å²) in [7, 11) is 0. The summed E-state index contributed by atoms with van der Waals surface area (Å²) in [6.45, 7) is 2.09. The standard InChI is InChI=1S/C16H18N2OS/c1-11(12-6-7-12)17-15(19)10-20-16-9-8-13-4-2-3-5-14(13)18-16/h2-5,8-9,11-12H,6-7,10H2,1H3,(H,17,19)/t11-/m0/s1. The van der Waals surface area contributed by atoms with Crippen molar-refractivity contribution >= 4 is 28.6 Å². The summed E-state index contributed by atoms with van der Waals surface area (Å²) < 4.78 is 0. The van der Waals surface area contributed by atoms with Crippen molar-refractivity contribution in [2.24, 2.45) is 5.92 Å². The molecule has 1 atom stereocenters. The van der Waals surface area contributed by atoms with Gasteiger partial charge >= 0.3 is 0 Å². The van der Waals surface area contributed by atoms with Crippen molar-refractivity contribution < 1.29 is 4.79 Å². The first-order chi connectivity index (χ1) is 9.72. The number of hydrogen-bond acceptors (Lipinski definition) is 3. The fourth-order valence-corrected chi connectivity index (χ4v) is 2.97. The first kappa shape index (κ1) is 13.4. The van der Waals surface area contributed by atoms with E-state index in [0.717, 1.165) is 15.9 Å². The van der Waals surface area contributed by atoms with Gasteiger partial charge in [0, 0.05) is 11.4 Å². The summed E-state index contributed by atoms with van der Waals surface area (Å²) in [6, 6.07) is 12.4. The van der Waals surface area contributed by atoms with Crippen molar-refractivity contribution in [2.75, 3.05) is 5.75 Å². The van der Waals surface area contributed by atoms with Crippen molar-refractivity contribution in [2.45, 2.75) is 30.8 Å². The van der Waals surface area contributed by atoms with Gasteiger partial charge in [0.1, 0.15) is 0 Å². The molecule has 104 valence electrons. The highest BCUT2D eigenvalue weighted by molar-refractivity contribution is 7.99. The smallest absolute Gasteiger partial charge is 0.230 e. The van der Waals surface area contributed by atoms with E-state index in [1.807, 2.05) is 30.3 Å². The highest BCUT2D eigenvalue weighted by atomic mass is 32.2. The SMILES string of the molecule is C[C@H](NC(=O)CSc1ccc2ccccc2n1)C1CC1. The van der Waals surface area contributed by atoms with Gasteiger partial charge in [-0.2, -0.15) is 0 Å². The maximum atomic E-state index is 11.9. The summed E-state index contributed by atoms with van der Waals surface area (Å²) >= 11 is 1.49. The monoisotopic (exact) mass is 286 g/mol. The van der Waals surface area contributed by atoms with E-state index >= 15 is 0 Å². The van der Waals surface area contributed by atoms with Crippen LogP contribution in [-0.2, 0) is 4.79 Å². The van der Waals surface area contributed by atoms with E-state index in [-0.39, 0.29) is 5.91 Å². The lowest BCUT2D eigenvalue weighted by Gasteiger charge is -2.12. The molecule has 1 amide bonds. The maximum absolute atomic E-state index is 11.9. The molecule has 1 aliphatic rings. The predicted octanol–water partition coefficient (Wildman–Crippen LogP) is 3.24. The Bertz CT molecular complexity index is 625. The molecule has 2 aromatic rings. The van der Waals surface area contributed by atoms with Crippen molar-refractivity contribution in [3.63, 3.8) is 0 Å². The Labute approximate surface area is 123 Å². The molecule has 0 saturated heterocycles. The Morgan fingerprint density at radius 1 is 1.35 bits per heavy atom. The Morgan fingerprint density at radius 3 is 2.95 bits per heavy atom. The second-order valence-corrected chi connectivity index (χ2v) is 6.32. The minimum Gasteiger partial charge on any atom is -0.353 e. The largest absolute Gasteiger partial charge is 0.353 e. The molecule has 0 spiro atoms. The second kappa shape index (κ2) is 5.83. The normalized spacial score (nSPS) is 16.1. The number of fused-ring (bicyclic) bond motifs is 1. The minimum atomic E-state index is 0.101. The number of thioether (sulfide) groups is 1. The van der Waals surface area contributed by atoms with E-state index in [4.69, 9.17) is 0 Å². The molecule has 3 nitrogen and oxygen atoms in total. The van der Waals surface area contributed by atoms with Crippen LogP contribution in [0.1, 0.15) is 19.8 Å². The molecule has 3 rings (SSSR count). The van der Waals surface area contributed by atoms with E-state index in [1.54, 1.807) is 0 Å². The zero-order chi connectivity index (χ0) is 13.9. The lowest BCUT2D eigenvalue weighted by molar-refractivity contribution is -0.119. The van der Waals surface area contributed by atoms with E-state index in [0.29, 0.717) is 17.7 Å². The summed E-state index contributed by atoms with van der Waals surface area (Å²) in [5.41, 5.74) is 0.976. The number of benzene rings is 1. The number of nitrogens with one attached hydrogen (secondary N) is 1. The number of para-hydroxylation sites is 1. The zero-order valence-corrected chi connectivity index (χ0v) is 12.3. The molecular weight excluding hydrogens is 268 g/mol. The Morgan fingerprint density at radius 2 is 2.15 bits per heavy atom.